The van der Waals surface area contributed by atoms with E-state index in [1.807, 2.05) is 54.9 Å². The maximum atomic E-state index is 14.0. The summed E-state index contributed by atoms with van der Waals surface area (Å²) in [5.74, 6) is -1.83. The highest BCUT2D eigenvalue weighted by molar-refractivity contribution is 7.84. The number of nitrogens with one attached hydrogen (secondary N) is 4. The van der Waals surface area contributed by atoms with E-state index in [4.69, 9.17) is 34.3 Å². The lowest BCUT2D eigenvalue weighted by molar-refractivity contribution is -0.668. The first-order valence-electron chi connectivity index (χ1n) is 25.0. The predicted octanol–water partition coefficient (Wildman–Crippen LogP) is 3.53. The van der Waals surface area contributed by atoms with Crippen LogP contribution in [0.1, 0.15) is 101 Å². The van der Waals surface area contributed by atoms with Crippen LogP contribution in [0.4, 0.5) is 16.3 Å². The normalized spacial score (nSPS) is 18.3. The molecule has 2 aromatic heterocycles. The van der Waals surface area contributed by atoms with Gasteiger partial charge in [-0.25, -0.2) is 14.5 Å². The zero-order chi connectivity index (χ0) is 52.5. The van der Waals surface area contributed by atoms with Crippen molar-refractivity contribution in [2.24, 2.45) is 28.6 Å². The molecule has 4 aromatic rings. The summed E-state index contributed by atoms with van der Waals surface area (Å²) < 4.78 is 48.5. The summed E-state index contributed by atoms with van der Waals surface area (Å²) >= 11 is 0. The molecule has 22 heteroatoms. The van der Waals surface area contributed by atoms with Crippen LogP contribution < -0.4 is 36.7 Å². The Balaban J connectivity index is 1.10. The molecular weight excluding hydrogens is 963 g/mol. The molecule has 0 bridgehead atoms. The molecule has 6 atom stereocenters. The molecule has 0 unspecified atom stereocenters. The van der Waals surface area contributed by atoms with Crippen LogP contribution in [0.25, 0.3) is 11.0 Å². The molecule has 398 valence electrons. The van der Waals surface area contributed by atoms with Gasteiger partial charge in [0.2, 0.25) is 29.6 Å². The van der Waals surface area contributed by atoms with Gasteiger partial charge in [-0.1, -0.05) is 55.2 Å². The van der Waals surface area contributed by atoms with Crippen molar-refractivity contribution in [3.63, 3.8) is 0 Å². The van der Waals surface area contributed by atoms with Crippen LogP contribution in [0.3, 0.4) is 0 Å². The minimum Gasteiger partial charge on any atom is -0.393 e. The number of benzene rings is 2. The van der Waals surface area contributed by atoms with Crippen LogP contribution in [0.5, 0.6) is 0 Å². The van der Waals surface area contributed by atoms with E-state index in [0.29, 0.717) is 70.2 Å². The molecule has 0 radical (unpaired) electrons. The second-order valence-electron chi connectivity index (χ2n) is 19.2. The number of hydrogen-bond acceptors (Lipinski definition) is 14. The van der Waals surface area contributed by atoms with Crippen LogP contribution in [-0.2, 0) is 60.8 Å². The Morgan fingerprint density at radius 1 is 0.932 bits per heavy atom. The van der Waals surface area contributed by atoms with Crippen LogP contribution in [0, 0.1) is 17.8 Å². The van der Waals surface area contributed by atoms with E-state index in [2.05, 4.69) is 38.0 Å². The number of Topliss-reactive ketones (excluding diaryl/α,β-unsaturated/α-hetero) is 2. The molecule has 2 aliphatic rings. The Hall–Kier alpha value is -5.88. The number of aromatic nitrogens is 3. The monoisotopic (exact) mass is 1030 g/mol. The van der Waals surface area contributed by atoms with E-state index in [1.165, 1.54) is 18.1 Å². The summed E-state index contributed by atoms with van der Waals surface area (Å²) in [6, 6.07) is 16.0. The molecule has 6 rings (SSSR count). The summed E-state index contributed by atoms with van der Waals surface area (Å²) in [5, 5.41) is 29.0. The van der Waals surface area contributed by atoms with Gasteiger partial charge >= 0.3 is 16.3 Å². The van der Waals surface area contributed by atoms with Crippen LogP contribution in [-0.4, -0.2) is 117 Å². The maximum absolute atomic E-state index is 14.0. The van der Waals surface area contributed by atoms with Crippen molar-refractivity contribution < 1.29 is 60.5 Å². The van der Waals surface area contributed by atoms with Crippen LogP contribution >= 0.6 is 0 Å². The molecule has 21 nitrogen and oxygen atoms in total. The number of anilines is 2. The fourth-order valence-corrected chi connectivity index (χ4v) is 9.78. The minimum absolute atomic E-state index is 0.0147. The third kappa shape index (κ3) is 17.4. The molecule has 0 aliphatic heterocycles. The molecule has 1 fully saturated rings. The van der Waals surface area contributed by atoms with E-state index >= 15 is 0 Å². The Morgan fingerprint density at radius 2 is 1.63 bits per heavy atom. The number of nitrogens with zero attached hydrogens (tertiary/aromatic N) is 3. The Morgan fingerprint density at radius 3 is 2.32 bits per heavy atom. The van der Waals surface area contributed by atoms with Crippen molar-refractivity contribution in [3.05, 3.63) is 83.8 Å². The highest BCUT2D eigenvalue weighted by atomic mass is 32.2. The molecule has 0 spiro atoms. The third-order valence-corrected chi connectivity index (χ3v) is 13.7. The molecule has 4 amide bonds. The summed E-state index contributed by atoms with van der Waals surface area (Å²) in [7, 11) is -4.18. The van der Waals surface area contributed by atoms with E-state index < -0.39 is 46.2 Å². The van der Waals surface area contributed by atoms with Gasteiger partial charge in [0.15, 0.2) is 5.78 Å². The number of aryl methyl sites for hydroxylation is 1. The standard InChI is InChI=1S/C51H71N9O12S/c1-33(2)47(58-46(64)18-22-70-24-26-71-25-23-69-21-17-34(3)61)45(63)28-37(8-6-19-54-51(52)66)49(65)56-39-13-10-35(11-14-39)30-59-32-55-48(57-43-15-12-36-7-4-5-9-41(36)43)42-16-20-60(50(42)59)40-27-38(44(62)29-40)31-72-73(53,67)68/h4-5,7,9-11,13-14,16,20,32-33,37-38,40,43-44,47,62H,6,8,12,15,17-19,21-31H2,1-3H3,(H7,52,53,54,56,58,64,65,66,67,68)/p+1/t37-,38-,40+,43-,44-,47+/m1/s1. The maximum Gasteiger partial charge on any atom is 0.333 e. The number of carbonyl (C=O) groups is 5. The number of nitrogens with two attached hydrogens (primary N) is 2. The molecule has 1 saturated carbocycles. The number of primary amides is 1. The first kappa shape index (κ1) is 56.4. The number of hydrogen-bond donors (Lipinski definition) is 7. The molecule has 9 N–H and O–H groups in total. The van der Waals surface area contributed by atoms with Gasteiger partial charge in [-0.15, -0.1) is 0 Å². The fraction of sp³-hybridized carbons (Fsp3) is 0.549. The molecule has 2 aromatic carbocycles. The SMILES string of the molecule is CC(=O)CCOCCOCCOCCC(=O)N[C@H](C(=O)C[C@@H](CCCNC(N)=O)C(=O)Nc1ccc(C[n+]2cnc(N[C@@H]3CCc4ccccc43)c3ccn([C@H]4C[C@H](COS(N)(=O)=O)[C@H](O)C4)c32)cc1)C(C)C. The number of rotatable bonds is 31. The summed E-state index contributed by atoms with van der Waals surface area (Å²) in [6.07, 6.45) is 6.46. The lowest BCUT2D eigenvalue weighted by Gasteiger charge is -2.24. The van der Waals surface area contributed by atoms with Crippen LogP contribution in [0.2, 0.25) is 0 Å². The molecular formula is C51H72N9O12S+. The summed E-state index contributed by atoms with van der Waals surface area (Å²) in [6.45, 7) is 7.22. The van der Waals surface area contributed by atoms with Crippen molar-refractivity contribution in [2.45, 2.75) is 109 Å². The Kier molecular flexibility index (Phi) is 21.2. The molecule has 73 heavy (non-hydrogen) atoms. The van der Waals surface area contributed by atoms with E-state index in [9.17, 15) is 37.5 Å². The zero-order valence-electron chi connectivity index (χ0n) is 42.0. The first-order valence-corrected chi connectivity index (χ1v) is 26.5. The first-order chi connectivity index (χ1) is 34.9. The van der Waals surface area contributed by atoms with Gasteiger partial charge in [-0.2, -0.15) is 8.42 Å². The fourth-order valence-electron chi connectivity index (χ4n) is 9.42. The van der Waals surface area contributed by atoms with Gasteiger partial charge in [0, 0.05) is 49.8 Å². The zero-order valence-corrected chi connectivity index (χ0v) is 42.8. The van der Waals surface area contributed by atoms with Gasteiger partial charge in [-0.3, -0.25) is 27.9 Å². The largest absolute Gasteiger partial charge is 0.393 e. The van der Waals surface area contributed by atoms with Crippen molar-refractivity contribution >= 4 is 62.3 Å². The van der Waals surface area contributed by atoms with Gasteiger partial charge in [0.05, 0.1) is 83.2 Å². The smallest absolute Gasteiger partial charge is 0.333 e. The van der Waals surface area contributed by atoms with E-state index in [1.54, 1.807) is 18.5 Å². The molecule has 2 heterocycles. The van der Waals surface area contributed by atoms with Gasteiger partial charge in [-0.05, 0) is 79.8 Å². The molecule has 0 saturated heterocycles. The number of fused-ring (bicyclic) bond motifs is 2. The van der Waals surface area contributed by atoms with Gasteiger partial charge in [0.1, 0.15) is 11.2 Å². The number of carbonyl (C=O) groups excluding carboxylic acids is 5. The van der Waals surface area contributed by atoms with Crippen LogP contribution in [0.15, 0.2) is 67.1 Å². The highest BCUT2D eigenvalue weighted by Gasteiger charge is 2.38. The Labute approximate surface area is 426 Å². The summed E-state index contributed by atoms with van der Waals surface area (Å²) in [5.41, 5.74) is 10.0. The number of aliphatic hydroxyl groups excluding tert-OH is 1. The second-order valence-corrected chi connectivity index (χ2v) is 20.4. The molecule has 2 aliphatic carbocycles. The van der Waals surface area contributed by atoms with Crippen molar-refractivity contribution in [1.29, 1.82) is 0 Å². The Bertz CT molecular complexity index is 2610. The summed E-state index contributed by atoms with van der Waals surface area (Å²) in [4.78, 5) is 68.0. The average molecular weight is 1040 g/mol. The lowest BCUT2D eigenvalue weighted by atomic mass is 9.89. The second kappa shape index (κ2) is 27.4. The number of aliphatic hydroxyl groups is 1. The van der Waals surface area contributed by atoms with E-state index in [-0.39, 0.29) is 81.1 Å². The average Bonchev–Trinajstić information content (AvgIpc) is 4.08. The quantitative estimate of drug-likeness (QED) is 0.0281. The predicted molar refractivity (Wildman–Crippen MR) is 271 cm³/mol. The number of ketones is 2. The number of ether oxygens (including phenoxy) is 3. The van der Waals surface area contributed by atoms with Gasteiger partial charge < -0.3 is 46.3 Å². The topological polar surface area (TPSA) is 299 Å². The third-order valence-electron chi connectivity index (χ3n) is 13.2. The van der Waals surface area contributed by atoms with Crippen molar-refractivity contribution in [2.75, 3.05) is 63.4 Å². The van der Waals surface area contributed by atoms with Gasteiger partial charge in [0.25, 0.3) is 0 Å². The van der Waals surface area contributed by atoms with E-state index in [0.717, 1.165) is 29.4 Å². The highest BCUT2D eigenvalue weighted by Crippen LogP contribution is 2.39. The minimum atomic E-state index is -4.18. The van der Waals surface area contributed by atoms with Crippen molar-refractivity contribution in [1.82, 2.24) is 20.2 Å². The van der Waals surface area contributed by atoms with Crippen molar-refractivity contribution in [3.8, 4) is 0 Å². The number of amides is 4. The number of urea groups is 1. The lowest BCUT2D eigenvalue weighted by Crippen LogP contribution is -2.45.